The zero-order chi connectivity index (χ0) is 13.9. The van der Waals surface area contributed by atoms with E-state index in [1.54, 1.807) is 0 Å². The number of aliphatic hydroxyl groups excluding tert-OH is 1. The zero-order valence-corrected chi connectivity index (χ0v) is 9.35. The summed E-state index contributed by atoms with van der Waals surface area (Å²) in [5.41, 5.74) is 0.198. The molecule has 5 nitrogen and oxygen atoms in total. The van der Waals surface area contributed by atoms with Crippen molar-refractivity contribution in [3.05, 3.63) is 36.2 Å². The number of rotatable bonds is 4. The average molecular weight is 275 g/mol. The lowest BCUT2D eigenvalue weighted by Crippen LogP contribution is -2.17. The summed E-state index contributed by atoms with van der Waals surface area (Å²) in [6, 6.07) is 5.19. The van der Waals surface area contributed by atoms with Crippen molar-refractivity contribution in [2.45, 2.75) is 13.0 Å². The molecule has 0 radical (unpaired) electrons. The maximum absolute atomic E-state index is 12.2. The first-order valence-corrected chi connectivity index (χ1v) is 5.06. The van der Waals surface area contributed by atoms with Gasteiger partial charge in [0.15, 0.2) is 11.5 Å². The monoisotopic (exact) mass is 275 g/mol. The van der Waals surface area contributed by atoms with Crippen LogP contribution < -0.4 is 9.47 Å². The Balaban J connectivity index is 2.20. The average Bonchev–Trinajstić information content (AvgIpc) is 2.78. The fraction of sp³-hybridized carbons (Fsp3) is 0.182. The van der Waals surface area contributed by atoms with Gasteiger partial charge in [0.25, 0.3) is 0 Å². The van der Waals surface area contributed by atoms with Crippen molar-refractivity contribution in [2.24, 2.45) is 0 Å². The zero-order valence-electron chi connectivity index (χ0n) is 9.35. The molecule has 1 N–H and O–H groups in total. The summed E-state index contributed by atoms with van der Waals surface area (Å²) in [7, 11) is 0. The highest BCUT2D eigenvalue weighted by Crippen LogP contribution is 2.34. The standard InChI is InChI=1S/C11H8F3NO4/c12-11(13,14)19-9-4-2-1-3-8(9)18-10-15-7(5-16)6-17-10/h1-4,6,16H,5H2. The number of hydrogen-bond donors (Lipinski definition) is 1. The SMILES string of the molecule is OCc1coc(Oc2ccccc2OC(F)(F)F)n1. The van der Waals surface area contributed by atoms with Crippen molar-refractivity contribution in [1.82, 2.24) is 4.98 Å². The van der Waals surface area contributed by atoms with Crippen molar-refractivity contribution in [1.29, 1.82) is 0 Å². The Morgan fingerprint density at radius 3 is 2.47 bits per heavy atom. The highest BCUT2D eigenvalue weighted by Gasteiger charge is 2.32. The number of halogens is 3. The smallest absolute Gasteiger partial charge is 0.417 e. The molecule has 0 aliphatic rings. The van der Waals surface area contributed by atoms with Gasteiger partial charge in [-0.2, -0.15) is 4.98 Å². The van der Waals surface area contributed by atoms with Crippen LogP contribution in [0.15, 0.2) is 34.9 Å². The maximum Gasteiger partial charge on any atom is 0.573 e. The van der Waals surface area contributed by atoms with E-state index in [0.717, 1.165) is 12.3 Å². The van der Waals surface area contributed by atoms with Crippen LogP contribution in [0.4, 0.5) is 13.2 Å². The summed E-state index contributed by atoms with van der Waals surface area (Å²) in [5, 5.41) is 8.77. The second-order valence-corrected chi connectivity index (χ2v) is 3.36. The van der Waals surface area contributed by atoms with E-state index in [2.05, 4.69) is 9.72 Å². The highest BCUT2D eigenvalue weighted by atomic mass is 19.4. The highest BCUT2D eigenvalue weighted by molar-refractivity contribution is 5.40. The lowest BCUT2D eigenvalue weighted by Gasteiger charge is -2.11. The molecule has 0 unspecified atom stereocenters. The van der Waals surface area contributed by atoms with Crippen LogP contribution in [0, 0.1) is 0 Å². The summed E-state index contributed by atoms with van der Waals surface area (Å²) in [6.45, 7) is -0.368. The van der Waals surface area contributed by atoms with Gasteiger partial charge in [0.1, 0.15) is 12.0 Å². The van der Waals surface area contributed by atoms with Gasteiger partial charge in [-0.15, -0.1) is 13.2 Å². The van der Waals surface area contributed by atoms with E-state index in [4.69, 9.17) is 14.3 Å². The van der Waals surface area contributed by atoms with Gasteiger partial charge < -0.3 is 19.0 Å². The van der Waals surface area contributed by atoms with Crippen LogP contribution in [0.1, 0.15) is 5.69 Å². The molecule has 0 atom stereocenters. The number of hydrogen-bond acceptors (Lipinski definition) is 5. The van der Waals surface area contributed by atoms with Crippen molar-refractivity contribution in [3.63, 3.8) is 0 Å². The summed E-state index contributed by atoms with van der Waals surface area (Å²) in [5.74, 6) is -0.718. The van der Waals surface area contributed by atoms with Crippen molar-refractivity contribution < 1.29 is 32.2 Å². The number of aromatic nitrogens is 1. The molecule has 102 valence electrons. The van der Waals surface area contributed by atoms with Gasteiger partial charge in [0.2, 0.25) is 0 Å². The van der Waals surface area contributed by atoms with Gasteiger partial charge in [0, 0.05) is 0 Å². The third-order valence-corrected chi connectivity index (χ3v) is 1.96. The minimum Gasteiger partial charge on any atom is -0.417 e. The van der Waals surface area contributed by atoms with Crippen LogP contribution in [0.3, 0.4) is 0 Å². The molecule has 0 saturated carbocycles. The molecule has 0 aliphatic heterocycles. The number of alkyl halides is 3. The molecule has 19 heavy (non-hydrogen) atoms. The van der Waals surface area contributed by atoms with E-state index >= 15 is 0 Å². The summed E-state index contributed by atoms with van der Waals surface area (Å²) in [6.07, 6.45) is -3.99. The Kier molecular flexibility index (Phi) is 3.61. The van der Waals surface area contributed by atoms with Crippen LogP contribution in [-0.4, -0.2) is 16.5 Å². The van der Waals surface area contributed by atoms with E-state index in [0.29, 0.717) is 0 Å². The van der Waals surface area contributed by atoms with E-state index in [1.165, 1.54) is 18.2 Å². The molecule has 0 saturated heterocycles. The number of aliphatic hydroxyl groups is 1. The topological polar surface area (TPSA) is 64.7 Å². The summed E-state index contributed by atoms with van der Waals surface area (Å²) in [4.78, 5) is 3.69. The van der Waals surface area contributed by atoms with Crippen molar-refractivity contribution in [2.75, 3.05) is 0 Å². The predicted molar refractivity (Wildman–Crippen MR) is 55.6 cm³/mol. The third kappa shape index (κ3) is 3.62. The van der Waals surface area contributed by atoms with E-state index in [1.807, 2.05) is 0 Å². The van der Waals surface area contributed by atoms with Crippen LogP contribution in [0.25, 0.3) is 0 Å². The van der Waals surface area contributed by atoms with Gasteiger partial charge in [0.05, 0.1) is 6.61 Å². The van der Waals surface area contributed by atoms with Crippen molar-refractivity contribution in [3.8, 4) is 17.6 Å². The molecule has 0 fully saturated rings. The van der Waals surface area contributed by atoms with Gasteiger partial charge in [-0.05, 0) is 12.1 Å². The first kappa shape index (κ1) is 13.2. The van der Waals surface area contributed by atoms with E-state index in [-0.39, 0.29) is 24.1 Å². The molecular formula is C11H8F3NO4. The van der Waals surface area contributed by atoms with Crippen LogP contribution in [-0.2, 0) is 6.61 Å². The molecule has 2 rings (SSSR count). The largest absolute Gasteiger partial charge is 0.573 e. The van der Waals surface area contributed by atoms with Crippen LogP contribution in [0.2, 0.25) is 0 Å². The minimum atomic E-state index is -4.83. The molecular weight excluding hydrogens is 267 g/mol. The molecule has 8 heteroatoms. The Hall–Kier alpha value is -2.22. The van der Waals surface area contributed by atoms with E-state index < -0.39 is 12.1 Å². The van der Waals surface area contributed by atoms with Crippen LogP contribution >= 0.6 is 0 Å². The Labute approximate surface area is 105 Å². The Morgan fingerprint density at radius 2 is 1.89 bits per heavy atom. The molecule has 0 amide bonds. The normalized spacial score (nSPS) is 11.4. The third-order valence-electron chi connectivity index (χ3n) is 1.96. The second-order valence-electron chi connectivity index (χ2n) is 3.36. The summed E-state index contributed by atoms with van der Waals surface area (Å²) >= 11 is 0. The minimum absolute atomic E-state index is 0.198. The van der Waals surface area contributed by atoms with Gasteiger partial charge in [-0.1, -0.05) is 12.1 Å². The number of benzene rings is 1. The molecule has 1 aromatic heterocycles. The predicted octanol–water partition coefficient (Wildman–Crippen LogP) is 2.86. The van der Waals surface area contributed by atoms with Gasteiger partial charge in [-0.25, -0.2) is 0 Å². The van der Waals surface area contributed by atoms with Gasteiger partial charge >= 0.3 is 12.4 Å². The molecule has 0 bridgehead atoms. The summed E-state index contributed by atoms with van der Waals surface area (Å²) < 4.78 is 50.1. The maximum atomic E-state index is 12.2. The fourth-order valence-electron chi connectivity index (χ4n) is 1.25. The van der Waals surface area contributed by atoms with E-state index in [9.17, 15) is 13.2 Å². The first-order valence-electron chi connectivity index (χ1n) is 5.06. The Bertz CT molecular complexity index is 553. The Morgan fingerprint density at radius 1 is 1.21 bits per heavy atom. The first-order chi connectivity index (χ1) is 8.98. The van der Waals surface area contributed by atoms with Crippen LogP contribution in [0.5, 0.6) is 17.6 Å². The molecule has 1 heterocycles. The number of oxazole rings is 1. The lowest BCUT2D eigenvalue weighted by molar-refractivity contribution is -0.275. The second kappa shape index (κ2) is 5.19. The molecule has 0 aliphatic carbocycles. The fourth-order valence-corrected chi connectivity index (χ4v) is 1.25. The number of para-hydroxylation sites is 2. The quantitative estimate of drug-likeness (QED) is 0.929. The molecule has 2 aromatic rings. The number of nitrogens with zero attached hydrogens (tertiary/aromatic N) is 1. The van der Waals surface area contributed by atoms with Gasteiger partial charge in [-0.3, -0.25) is 0 Å². The number of ether oxygens (including phenoxy) is 2. The van der Waals surface area contributed by atoms with Crippen molar-refractivity contribution >= 4 is 0 Å². The molecule has 0 spiro atoms. The lowest BCUT2D eigenvalue weighted by atomic mass is 10.3. The molecule has 1 aromatic carbocycles.